The Kier molecular flexibility index (Phi) is 10.9. The van der Waals surface area contributed by atoms with Crippen LogP contribution in [-0.2, 0) is 0 Å². The lowest BCUT2D eigenvalue weighted by Gasteiger charge is -2.19. The van der Waals surface area contributed by atoms with E-state index >= 15 is 8.78 Å². The maximum absolute atomic E-state index is 16.2. The van der Waals surface area contributed by atoms with Gasteiger partial charge in [0.2, 0.25) is 0 Å². The number of nitrogens with zero attached hydrogens (tertiary/aromatic N) is 7. The summed E-state index contributed by atoms with van der Waals surface area (Å²) in [5, 5.41) is 25.0. The van der Waals surface area contributed by atoms with Crippen LogP contribution in [-0.4, -0.2) is 27.4 Å². The van der Waals surface area contributed by atoms with Gasteiger partial charge in [0.15, 0.2) is 0 Å². The molecule has 0 unspecified atom stereocenters. The highest BCUT2D eigenvalue weighted by Gasteiger charge is 2.26. The number of rotatable bonds is 7. The van der Waals surface area contributed by atoms with Crippen LogP contribution in [0, 0.1) is 23.0 Å². The van der Waals surface area contributed by atoms with Crippen molar-refractivity contribution in [1.82, 2.24) is 27.4 Å². The van der Waals surface area contributed by atoms with Crippen LogP contribution >= 0.6 is 0 Å². The molecule has 14 aromatic carbocycles. The lowest BCUT2D eigenvalue weighted by atomic mass is 9.99. The van der Waals surface area contributed by atoms with Crippen LogP contribution in [0.1, 0.15) is 5.56 Å². The molecule has 0 N–H and O–H groups in total. The maximum Gasteiger partial charge on any atom is 0.126 e. The van der Waals surface area contributed by atoms with Crippen molar-refractivity contribution in [2.45, 2.75) is 0 Å². The summed E-state index contributed by atoms with van der Waals surface area (Å²) in [4.78, 5) is 0. The highest BCUT2D eigenvalue weighted by Crippen LogP contribution is 2.46. The van der Waals surface area contributed by atoms with Gasteiger partial charge in [0.1, 0.15) is 17.7 Å². The molecule has 0 saturated carbocycles. The monoisotopic (exact) mass is 1210 g/mol. The minimum absolute atomic E-state index is 0.320. The second-order valence-electron chi connectivity index (χ2n) is 24.6. The van der Waals surface area contributed by atoms with E-state index in [0.29, 0.717) is 28.1 Å². The van der Waals surface area contributed by atoms with Crippen LogP contribution in [0.25, 0.3) is 176 Å². The number of hydrogen-bond donors (Lipinski definition) is 0. The van der Waals surface area contributed by atoms with Crippen molar-refractivity contribution in [3.05, 3.63) is 314 Å². The fraction of sp³-hybridized carbons (Fsp3) is 0. The average Bonchev–Trinajstić information content (AvgIpc) is 1.55. The number of nitriles is 1. The van der Waals surface area contributed by atoms with Crippen LogP contribution in [0.2, 0.25) is 0 Å². The van der Waals surface area contributed by atoms with Crippen molar-refractivity contribution < 1.29 is 8.78 Å². The van der Waals surface area contributed by atoms with Crippen LogP contribution in [0.5, 0.6) is 0 Å². The zero-order chi connectivity index (χ0) is 62.0. The topological polar surface area (TPSA) is 53.4 Å². The van der Waals surface area contributed by atoms with E-state index in [2.05, 4.69) is 300 Å². The highest BCUT2D eigenvalue weighted by atomic mass is 19.1. The third kappa shape index (κ3) is 7.33. The van der Waals surface area contributed by atoms with Crippen molar-refractivity contribution >= 4 is 131 Å². The van der Waals surface area contributed by atoms with E-state index in [4.69, 9.17) is 0 Å². The molecule has 9 heteroatoms. The Balaban J connectivity index is 0.874. The number of hydrogen-bond acceptors (Lipinski definition) is 1. The average molecular weight is 1210 g/mol. The number of halogens is 2. The summed E-state index contributed by atoms with van der Waals surface area (Å²) >= 11 is 0. The Morgan fingerprint density at radius 2 is 0.468 bits per heavy atom. The van der Waals surface area contributed by atoms with E-state index in [-0.39, 0.29) is 0 Å². The smallest absolute Gasteiger partial charge is 0.126 e. The summed E-state index contributed by atoms with van der Waals surface area (Å²) in [5.74, 6) is -1.43. The lowest BCUT2D eigenvalue weighted by Crippen LogP contribution is -2.04. The Hall–Kier alpha value is -12.8. The molecule has 0 aliphatic rings. The van der Waals surface area contributed by atoms with Gasteiger partial charge in [0.25, 0.3) is 0 Å². The summed E-state index contributed by atoms with van der Waals surface area (Å²) < 4.78 is 46.1. The van der Waals surface area contributed by atoms with Crippen molar-refractivity contribution in [2.24, 2.45) is 0 Å². The normalized spacial score (nSPS) is 12.1. The molecule has 0 fully saturated rings. The lowest BCUT2D eigenvalue weighted by molar-refractivity contribution is 0.584. The zero-order valence-corrected chi connectivity index (χ0v) is 50.2. The minimum atomic E-state index is -0.715. The maximum atomic E-state index is 16.2. The van der Waals surface area contributed by atoms with Crippen molar-refractivity contribution in [2.75, 3.05) is 0 Å². The van der Waals surface area contributed by atoms with Gasteiger partial charge in [-0.1, -0.05) is 146 Å². The van der Waals surface area contributed by atoms with Crippen LogP contribution < -0.4 is 0 Å². The molecule has 0 radical (unpaired) electrons. The fourth-order valence-electron chi connectivity index (χ4n) is 15.9. The second kappa shape index (κ2) is 19.6. The Morgan fingerprint density at radius 1 is 0.223 bits per heavy atom. The van der Waals surface area contributed by atoms with Crippen molar-refractivity contribution in [3.63, 3.8) is 0 Å². The van der Waals surface area contributed by atoms with Gasteiger partial charge in [-0.25, -0.2) is 8.78 Å². The molecule has 6 heterocycles. The van der Waals surface area contributed by atoms with Gasteiger partial charge in [-0.15, -0.1) is 0 Å². The number of aromatic nitrogens is 6. The van der Waals surface area contributed by atoms with Crippen molar-refractivity contribution in [1.29, 1.82) is 5.26 Å². The summed E-state index contributed by atoms with van der Waals surface area (Å²) in [5.41, 5.74) is 18.3. The van der Waals surface area contributed by atoms with E-state index in [0.717, 1.165) is 160 Å². The molecule has 0 amide bonds. The number of fused-ring (bicyclic) bond motifs is 18. The molecule has 94 heavy (non-hydrogen) atoms. The van der Waals surface area contributed by atoms with Gasteiger partial charge in [0.05, 0.1) is 83.1 Å². The molecule has 20 aromatic rings. The first-order valence-electron chi connectivity index (χ1n) is 31.6. The van der Waals surface area contributed by atoms with Gasteiger partial charge >= 0.3 is 0 Å². The summed E-state index contributed by atoms with van der Waals surface area (Å²) in [6, 6.07) is 105. The molecule has 438 valence electrons. The third-order valence-corrected chi connectivity index (χ3v) is 19.7. The molecular weight excluding hydrogens is 1160 g/mol. The molecule has 0 bridgehead atoms. The van der Waals surface area contributed by atoms with Crippen LogP contribution in [0.3, 0.4) is 0 Å². The van der Waals surface area contributed by atoms with Crippen LogP contribution in [0.15, 0.2) is 297 Å². The molecule has 0 spiro atoms. The van der Waals surface area contributed by atoms with E-state index < -0.39 is 11.6 Å². The van der Waals surface area contributed by atoms with E-state index in [1.807, 2.05) is 12.1 Å². The second-order valence-corrected chi connectivity index (χ2v) is 24.6. The predicted octanol–water partition coefficient (Wildman–Crippen LogP) is 22.1. The Morgan fingerprint density at radius 3 is 0.734 bits per heavy atom. The summed E-state index contributed by atoms with van der Waals surface area (Å²) in [6.45, 7) is 0. The van der Waals surface area contributed by atoms with E-state index in [9.17, 15) is 5.26 Å². The van der Waals surface area contributed by atoms with Gasteiger partial charge in [-0.3, -0.25) is 0 Å². The molecule has 0 aliphatic heterocycles. The highest BCUT2D eigenvalue weighted by molar-refractivity contribution is 6.17. The van der Waals surface area contributed by atoms with Gasteiger partial charge < -0.3 is 27.4 Å². The largest absolute Gasteiger partial charge is 0.309 e. The molecule has 20 rings (SSSR count). The van der Waals surface area contributed by atoms with Crippen LogP contribution in [0.4, 0.5) is 8.78 Å². The van der Waals surface area contributed by atoms with Gasteiger partial charge in [-0.05, 0) is 151 Å². The van der Waals surface area contributed by atoms with E-state index in [1.165, 1.54) is 12.1 Å². The quantitative estimate of drug-likeness (QED) is 0.157. The molecule has 0 aliphatic carbocycles. The van der Waals surface area contributed by atoms with Gasteiger partial charge in [0, 0.05) is 99.0 Å². The predicted molar refractivity (Wildman–Crippen MR) is 383 cm³/mol. The fourth-order valence-corrected chi connectivity index (χ4v) is 15.9. The molecular formula is C85H49F2N7. The Labute approximate surface area is 535 Å². The molecule has 0 atom stereocenters. The van der Waals surface area contributed by atoms with Crippen molar-refractivity contribution in [3.8, 4) is 51.3 Å². The molecule has 0 saturated heterocycles. The zero-order valence-electron chi connectivity index (χ0n) is 50.2. The first-order valence-corrected chi connectivity index (χ1v) is 31.6. The SMILES string of the molecule is N#Cc1cc(-n2c3ccc(-n4c5ccccc5c5ccccc54)cc3c3cc(-n4c5ccccc5c5ccccc54)ccc32)c(-c2cc(F)cc(F)c2)cc1-n1c2ccc(-n3c4ccccc4c4ccccc43)cc2c2cc(-n3c4ccccc4c4ccccc43)ccc21. The standard InChI is InChI=1S/C85H49F2N7/c86-53-41-51(42-54(87)44-53)67-49-84(93-80-37-33-55(89-72-25-9-1-17-59(72)60-18-2-10-26-73(60)89)45-68(80)69-46-56(34-38-81(69)93)90-74-27-11-3-19-61(74)62-20-4-12-28-75(62)90)52(50-88)43-85(67)94-82-39-35-57(91-76-29-13-5-21-63(76)64-22-6-14-30-77(64)91)47-70(82)71-48-58(36-40-83(71)94)92-78-31-15-7-23-65(78)66-24-8-16-32-79(66)92/h1-49H. The summed E-state index contributed by atoms with van der Waals surface area (Å²) in [6.07, 6.45) is 0. The first-order chi connectivity index (χ1) is 46.4. The summed E-state index contributed by atoms with van der Waals surface area (Å²) in [7, 11) is 0. The number of benzene rings is 14. The minimum Gasteiger partial charge on any atom is -0.309 e. The third-order valence-electron chi connectivity index (χ3n) is 19.7. The van der Waals surface area contributed by atoms with E-state index in [1.54, 1.807) is 0 Å². The number of para-hydroxylation sites is 8. The first kappa shape index (κ1) is 52.0. The van der Waals surface area contributed by atoms with Gasteiger partial charge in [-0.2, -0.15) is 5.26 Å². The Bertz CT molecular complexity index is 6160. The molecule has 6 aromatic heterocycles. The molecule has 7 nitrogen and oxygen atoms in total.